The van der Waals surface area contributed by atoms with Crippen LogP contribution in [0.25, 0.3) is 0 Å². The summed E-state index contributed by atoms with van der Waals surface area (Å²) in [5.41, 5.74) is 1.28. The third kappa shape index (κ3) is 3.85. The zero-order chi connectivity index (χ0) is 23.1. The zero-order valence-corrected chi connectivity index (χ0v) is 20.8. The Balaban J connectivity index is 1.62. The predicted molar refractivity (Wildman–Crippen MR) is 129 cm³/mol. The molecular formula is C26H34N2O3Si. The summed E-state index contributed by atoms with van der Waals surface area (Å²) in [5, 5.41) is 3.18. The van der Waals surface area contributed by atoms with E-state index in [0.717, 1.165) is 16.9 Å². The quantitative estimate of drug-likeness (QED) is 0.663. The molecule has 2 heterocycles. The number of amides is 2. The van der Waals surface area contributed by atoms with Gasteiger partial charge in [-0.3, -0.25) is 9.59 Å². The van der Waals surface area contributed by atoms with Gasteiger partial charge in [0.25, 0.3) is 0 Å². The van der Waals surface area contributed by atoms with E-state index in [1.165, 1.54) is 0 Å². The van der Waals surface area contributed by atoms with Crippen LogP contribution < -0.4 is 9.74 Å². The highest BCUT2D eigenvalue weighted by molar-refractivity contribution is 6.74. The van der Waals surface area contributed by atoms with Crippen molar-refractivity contribution in [1.82, 2.24) is 10.2 Å². The molecule has 1 spiro atoms. The maximum atomic E-state index is 13.2. The first-order chi connectivity index (χ1) is 15.0. The number of nitrogens with zero attached hydrogens (tertiary/aromatic N) is 1. The van der Waals surface area contributed by atoms with Crippen LogP contribution in [0.3, 0.4) is 0 Å². The van der Waals surface area contributed by atoms with Crippen LogP contribution in [-0.2, 0) is 16.1 Å². The van der Waals surface area contributed by atoms with Crippen molar-refractivity contribution in [3.05, 3.63) is 65.7 Å². The summed E-state index contributed by atoms with van der Waals surface area (Å²) in [6.45, 7) is 12.2. The highest BCUT2D eigenvalue weighted by Gasteiger charge is 2.59. The van der Waals surface area contributed by atoms with Crippen molar-refractivity contribution in [2.24, 2.45) is 0 Å². The molecule has 0 radical (unpaired) electrons. The van der Waals surface area contributed by atoms with Crippen LogP contribution in [0.2, 0.25) is 18.1 Å². The highest BCUT2D eigenvalue weighted by atomic mass is 28.4. The van der Waals surface area contributed by atoms with Gasteiger partial charge in [0.2, 0.25) is 20.1 Å². The first-order valence-electron chi connectivity index (χ1n) is 11.5. The van der Waals surface area contributed by atoms with Crippen molar-refractivity contribution < 1.29 is 14.0 Å². The van der Waals surface area contributed by atoms with E-state index in [1.54, 1.807) is 0 Å². The van der Waals surface area contributed by atoms with Crippen molar-refractivity contribution in [3.8, 4) is 5.75 Å². The van der Waals surface area contributed by atoms with Crippen LogP contribution in [0.5, 0.6) is 5.75 Å². The molecule has 0 bridgehead atoms. The number of likely N-dealkylation sites (tertiary alicyclic amines) is 1. The number of nitrogens with one attached hydrogen (secondary N) is 1. The smallest absolute Gasteiger partial charge is 0.250 e. The highest BCUT2D eigenvalue weighted by Crippen LogP contribution is 2.46. The van der Waals surface area contributed by atoms with Crippen LogP contribution in [0.15, 0.2) is 54.6 Å². The Morgan fingerprint density at radius 2 is 1.72 bits per heavy atom. The van der Waals surface area contributed by atoms with Crippen LogP contribution in [0.4, 0.5) is 0 Å². The van der Waals surface area contributed by atoms with Crippen LogP contribution >= 0.6 is 0 Å². The predicted octanol–water partition coefficient (Wildman–Crippen LogP) is 4.85. The summed E-state index contributed by atoms with van der Waals surface area (Å²) in [7, 11) is -1.92. The molecule has 0 aromatic heterocycles. The van der Waals surface area contributed by atoms with Gasteiger partial charge >= 0.3 is 0 Å². The van der Waals surface area contributed by atoms with E-state index in [4.69, 9.17) is 4.43 Å². The lowest BCUT2D eigenvalue weighted by atomic mass is 9.79. The fraction of sp³-hybridized carbons (Fsp3) is 0.462. The Hall–Kier alpha value is -2.60. The fourth-order valence-electron chi connectivity index (χ4n) is 4.67. The topological polar surface area (TPSA) is 58.6 Å². The SMILES string of the molecule is CC(C)(C)[Si](C)(C)Oc1ccc([C@@H]2CNC(=O)[C@@]23CCC(=O)N3Cc2ccccc2)cc1. The standard InChI is InChI=1S/C26H34N2O3Si/c1-25(2,3)32(4,5)31-21-13-11-20(12-14-21)22-17-27-24(30)26(22)16-15-23(29)28(26)18-19-9-7-6-8-10-19/h6-14,22H,15-18H2,1-5H3,(H,27,30)/t22-,26+/m0/s1. The number of hydrogen-bond acceptors (Lipinski definition) is 3. The van der Waals surface area contributed by atoms with Crippen molar-refractivity contribution in [2.45, 2.75) is 69.7 Å². The molecular weight excluding hydrogens is 416 g/mol. The minimum Gasteiger partial charge on any atom is -0.544 e. The maximum absolute atomic E-state index is 13.2. The summed E-state index contributed by atoms with van der Waals surface area (Å²) in [6, 6.07) is 18.1. The van der Waals surface area contributed by atoms with Gasteiger partial charge < -0.3 is 14.6 Å². The first-order valence-corrected chi connectivity index (χ1v) is 14.4. The third-order valence-corrected chi connectivity index (χ3v) is 11.9. The van der Waals surface area contributed by atoms with Crippen LogP contribution in [0.1, 0.15) is 50.7 Å². The monoisotopic (exact) mass is 450 g/mol. The molecule has 0 saturated carbocycles. The van der Waals surface area contributed by atoms with Crippen LogP contribution in [0, 0.1) is 0 Å². The van der Waals surface area contributed by atoms with Gasteiger partial charge in [-0.25, -0.2) is 0 Å². The fourth-order valence-corrected chi connectivity index (χ4v) is 5.70. The normalized spacial score (nSPS) is 23.7. The molecule has 2 atom stereocenters. The molecule has 2 aliphatic heterocycles. The average molecular weight is 451 g/mol. The van der Waals surface area contributed by atoms with Crippen molar-refractivity contribution in [1.29, 1.82) is 0 Å². The second-order valence-electron chi connectivity index (χ2n) is 10.6. The van der Waals surface area contributed by atoms with E-state index in [2.05, 4.69) is 51.3 Å². The average Bonchev–Trinajstić information content (AvgIpc) is 3.24. The third-order valence-electron chi connectivity index (χ3n) is 7.58. The van der Waals surface area contributed by atoms with Gasteiger partial charge in [-0.05, 0) is 47.8 Å². The van der Waals surface area contributed by atoms with Crippen LogP contribution in [-0.4, -0.2) is 37.1 Å². The molecule has 170 valence electrons. The Kier molecular flexibility index (Phi) is 5.69. The number of hydrogen-bond donors (Lipinski definition) is 1. The summed E-state index contributed by atoms with van der Waals surface area (Å²) in [5.74, 6) is 0.807. The molecule has 2 aliphatic rings. The molecule has 4 rings (SSSR count). The zero-order valence-electron chi connectivity index (χ0n) is 19.8. The Labute approximate surface area is 192 Å². The van der Waals surface area contributed by atoms with Gasteiger partial charge in [0.15, 0.2) is 0 Å². The molecule has 6 heteroatoms. The molecule has 2 saturated heterocycles. The van der Waals surface area contributed by atoms with Gasteiger partial charge in [0, 0.05) is 25.4 Å². The van der Waals surface area contributed by atoms with E-state index in [0.29, 0.717) is 25.9 Å². The van der Waals surface area contributed by atoms with Crippen molar-refractivity contribution in [2.75, 3.05) is 6.54 Å². The molecule has 2 fully saturated rings. The van der Waals surface area contributed by atoms with Gasteiger partial charge in [-0.1, -0.05) is 63.2 Å². The maximum Gasteiger partial charge on any atom is 0.250 e. The minimum atomic E-state index is -1.92. The lowest BCUT2D eigenvalue weighted by molar-refractivity contribution is -0.140. The number of benzene rings is 2. The summed E-state index contributed by atoms with van der Waals surface area (Å²) >= 11 is 0. The lowest BCUT2D eigenvalue weighted by Gasteiger charge is -2.38. The first kappa shape index (κ1) is 22.6. The lowest BCUT2D eigenvalue weighted by Crippen LogP contribution is -2.53. The summed E-state index contributed by atoms with van der Waals surface area (Å²) in [4.78, 5) is 27.9. The Bertz CT molecular complexity index is 998. The van der Waals surface area contributed by atoms with Gasteiger partial charge in [0.1, 0.15) is 11.3 Å². The van der Waals surface area contributed by atoms with Gasteiger partial charge in [-0.2, -0.15) is 0 Å². The number of carbonyl (C=O) groups excluding carboxylic acids is 2. The second-order valence-corrected chi connectivity index (χ2v) is 15.3. The molecule has 2 amide bonds. The summed E-state index contributed by atoms with van der Waals surface area (Å²) < 4.78 is 6.43. The molecule has 1 N–H and O–H groups in total. The largest absolute Gasteiger partial charge is 0.544 e. The van der Waals surface area contributed by atoms with Crippen molar-refractivity contribution in [3.63, 3.8) is 0 Å². The number of rotatable bonds is 5. The van der Waals surface area contributed by atoms with E-state index < -0.39 is 13.9 Å². The molecule has 0 unspecified atom stereocenters. The molecule has 2 aromatic rings. The Morgan fingerprint density at radius 1 is 1.06 bits per heavy atom. The summed E-state index contributed by atoms with van der Waals surface area (Å²) in [6.07, 6.45) is 0.959. The number of carbonyl (C=O) groups is 2. The van der Waals surface area contributed by atoms with Crippen molar-refractivity contribution >= 4 is 20.1 Å². The van der Waals surface area contributed by atoms with Gasteiger partial charge in [-0.15, -0.1) is 0 Å². The van der Waals surface area contributed by atoms with E-state index >= 15 is 0 Å². The Morgan fingerprint density at radius 3 is 2.34 bits per heavy atom. The minimum absolute atomic E-state index is 0.0362. The van der Waals surface area contributed by atoms with Gasteiger partial charge in [0.05, 0.1) is 0 Å². The molecule has 32 heavy (non-hydrogen) atoms. The van der Waals surface area contributed by atoms with E-state index in [-0.39, 0.29) is 22.8 Å². The van der Waals surface area contributed by atoms with E-state index in [9.17, 15) is 9.59 Å². The molecule has 0 aliphatic carbocycles. The second kappa shape index (κ2) is 8.07. The van der Waals surface area contributed by atoms with E-state index in [1.807, 2.05) is 47.4 Å². The molecule has 2 aromatic carbocycles. The molecule has 5 nitrogen and oxygen atoms in total.